The van der Waals surface area contributed by atoms with E-state index in [4.69, 9.17) is 19.9 Å². The molecule has 11 nitrogen and oxygen atoms in total. The Morgan fingerprint density at radius 2 is 1.76 bits per heavy atom. The molecule has 0 unspecified atom stereocenters. The zero-order chi connectivity index (χ0) is 34.3. The fourth-order valence-corrected chi connectivity index (χ4v) is 9.82. The lowest BCUT2D eigenvalue weighted by atomic mass is 9.75. The zero-order valence-corrected chi connectivity index (χ0v) is 28.4. The van der Waals surface area contributed by atoms with Crippen LogP contribution >= 0.6 is 0 Å². The van der Waals surface area contributed by atoms with E-state index < -0.39 is 30.6 Å². The summed E-state index contributed by atoms with van der Waals surface area (Å²) in [5.74, 6) is -0.666. The standard InChI is InChI=1S/C37H49FN4O7/c1-47-27-12-9-22(10-13-27)28-15-18-41(34(44)24-7-5-23(6-8-24)31(21-38)48-36(39)46)32(28)33(43)40-26-11-14-29-25(19-26)20-30-35(45)49-37(42(29)30)16-3-2-4-17-37/h11,14,19-20,22-24,27-28,31-32H,2-10,12-13,15-18,21H2,1H3,(H2,39,46)(H,40,43)/t22-,23-,24-,27-,28-,31+,32-/m0/s1. The van der Waals surface area contributed by atoms with Crippen LogP contribution in [-0.4, -0.2) is 71.9 Å². The van der Waals surface area contributed by atoms with Crippen LogP contribution in [-0.2, 0) is 29.5 Å². The number of aromatic nitrogens is 1. The number of hydrogen-bond acceptors (Lipinski definition) is 7. The average Bonchev–Trinajstić information content (AvgIpc) is 3.80. The van der Waals surface area contributed by atoms with Crippen molar-refractivity contribution in [2.24, 2.45) is 29.4 Å². The highest BCUT2D eigenvalue weighted by molar-refractivity contribution is 6.02. The lowest BCUT2D eigenvalue weighted by molar-refractivity contribution is -0.142. The van der Waals surface area contributed by atoms with E-state index in [1.54, 1.807) is 12.0 Å². The smallest absolute Gasteiger partial charge is 0.404 e. The highest BCUT2D eigenvalue weighted by atomic mass is 19.1. The van der Waals surface area contributed by atoms with Crippen LogP contribution < -0.4 is 11.1 Å². The second kappa shape index (κ2) is 13.9. The molecule has 5 aliphatic rings. The Kier molecular flexibility index (Phi) is 9.60. The lowest BCUT2D eigenvalue weighted by Crippen LogP contribution is -2.50. The second-order valence-electron chi connectivity index (χ2n) is 15.0. The van der Waals surface area contributed by atoms with Gasteiger partial charge in [0.15, 0.2) is 5.72 Å². The number of anilines is 1. The number of rotatable bonds is 8. The summed E-state index contributed by atoms with van der Waals surface area (Å²) < 4.78 is 32.3. The number of benzene rings is 1. The third-order valence-electron chi connectivity index (χ3n) is 12.3. The number of hydrogen-bond donors (Lipinski definition) is 2. The van der Waals surface area contributed by atoms with Crippen LogP contribution in [0.3, 0.4) is 0 Å². The third kappa shape index (κ3) is 6.41. The number of carbonyl (C=O) groups excluding carboxylic acids is 4. The van der Waals surface area contributed by atoms with Crippen molar-refractivity contribution in [1.82, 2.24) is 9.47 Å². The van der Waals surface area contributed by atoms with E-state index in [0.29, 0.717) is 49.5 Å². The van der Waals surface area contributed by atoms with Crippen molar-refractivity contribution < 1.29 is 37.8 Å². The van der Waals surface area contributed by atoms with Gasteiger partial charge >= 0.3 is 12.1 Å². The van der Waals surface area contributed by atoms with Gasteiger partial charge in [0.1, 0.15) is 24.5 Å². The van der Waals surface area contributed by atoms with Crippen molar-refractivity contribution in [3.8, 4) is 0 Å². The van der Waals surface area contributed by atoms with Crippen LogP contribution in [0.1, 0.15) is 100 Å². The van der Waals surface area contributed by atoms with Crippen LogP contribution in [0.25, 0.3) is 10.9 Å². The predicted octanol–water partition coefficient (Wildman–Crippen LogP) is 6.03. The van der Waals surface area contributed by atoms with Gasteiger partial charge in [-0.25, -0.2) is 14.0 Å². The van der Waals surface area contributed by atoms with Crippen molar-refractivity contribution in [3.63, 3.8) is 0 Å². The van der Waals surface area contributed by atoms with E-state index in [2.05, 4.69) is 9.88 Å². The van der Waals surface area contributed by atoms with Gasteiger partial charge in [-0.05, 0) is 113 Å². The zero-order valence-electron chi connectivity index (χ0n) is 28.4. The van der Waals surface area contributed by atoms with Gasteiger partial charge in [-0.1, -0.05) is 6.42 Å². The minimum absolute atomic E-state index is 0.0286. The van der Waals surface area contributed by atoms with Crippen LogP contribution in [0.2, 0.25) is 0 Å². The van der Waals surface area contributed by atoms with Crippen LogP contribution in [0, 0.1) is 23.7 Å². The minimum Gasteiger partial charge on any atom is -0.443 e. The fraction of sp³-hybridized carbons (Fsp3) is 0.676. The molecular formula is C37H49FN4O7. The fourth-order valence-electron chi connectivity index (χ4n) is 9.82. The van der Waals surface area contributed by atoms with Crippen molar-refractivity contribution in [2.45, 2.75) is 114 Å². The Labute approximate surface area is 286 Å². The molecule has 2 aliphatic heterocycles. The number of carbonyl (C=O) groups is 4. The molecule has 1 aromatic carbocycles. The highest BCUT2D eigenvalue weighted by Gasteiger charge is 2.49. The van der Waals surface area contributed by atoms with Gasteiger partial charge in [0, 0.05) is 43.5 Å². The van der Waals surface area contributed by atoms with Crippen molar-refractivity contribution in [2.75, 3.05) is 25.6 Å². The Bertz CT molecular complexity index is 1570. The number of amides is 3. The summed E-state index contributed by atoms with van der Waals surface area (Å²) in [7, 11) is 1.75. The van der Waals surface area contributed by atoms with E-state index in [-0.39, 0.29) is 41.6 Å². The summed E-state index contributed by atoms with van der Waals surface area (Å²) in [6.45, 7) is -0.296. The first-order valence-electron chi connectivity index (χ1n) is 18.3. The van der Waals surface area contributed by atoms with E-state index in [1.165, 1.54) is 0 Å². The minimum atomic E-state index is -0.992. The Balaban J connectivity index is 1.10. The molecule has 3 atom stereocenters. The second-order valence-corrected chi connectivity index (χ2v) is 15.0. The number of ether oxygens (including phenoxy) is 3. The van der Waals surface area contributed by atoms with Crippen molar-refractivity contribution >= 4 is 40.5 Å². The predicted molar refractivity (Wildman–Crippen MR) is 179 cm³/mol. The molecule has 49 heavy (non-hydrogen) atoms. The molecule has 4 fully saturated rings. The molecular weight excluding hydrogens is 631 g/mol. The molecule has 0 radical (unpaired) electrons. The number of nitrogens with two attached hydrogens (primary N) is 1. The summed E-state index contributed by atoms with van der Waals surface area (Å²) in [4.78, 5) is 54.5. The Morgan fingerprint density at radius 3 is 2.43 bits per heavy atom. The average molecular weight is 681 g/mol. The van der Waals surface area contributed by atoms with Gasteiger partial charge in [0.05, 0.1) is 11.6 Å². The van der Waals surface area contributed by atoms with Gasteiger partial charge < -0.3 is 30.2 Å². The Morgan fingerprint density at radius 1 is 1.02 bits per heavy atom. The van der Waals surface area contributed by atoms with Crippen LogP contribution in [0.15, 0.2) is 24.3 Å². The number of methoxy groups -OCH3 is 1. The maximum atomic E-state index is 14.3. The number of halogens is 1. The number of primary amides is 1. The van der Waals surface area contributed by atoms with Gasteiger partial charge in [-0.3, -0.25) is 14.2 Å². The quantitative estimate of drug-likeness (QED) is 0.324. The molecule has 3 heterocycles. The molecule has 12 heteroatoms. The van der Waals surface area contributed by atoms with Gasteiger partial charge in [-0.15, -0.1) is 0 Å². The largest absolute Gasteiger partial charge is 0.443 e. The SMILES string of the molecule is CO[C@H]1CC[C@H]([C@@H]2CCN(C(=O)[C@H]3CC[C@H]([C@@H](CF)OC(N)=O)CC3)[C@@H]2C(=O)Nc2ccc3c(c2)cc2n3C3(CCCCC3)OC2=O)CC1. The molecule has 1 saturated heterocycles. The maximum Gasteiger partial charge on any atom is 0.404 e. The first kappa shape index (κ1) is 33.8. The summed E-state index contributed by atoms with van der Waals surface area (Å²) >= 11 is 0. The topological polar surface area (TPSA) is 142 Å². The normalized spacial score (nSPS) is 30.2. The van der Waals surface area contributed by atoms with Crippen molar-refractivity contribution in [3.05, 3.63) is 30.0 Å². The summed E-state index contributed by atoms with van der Waals surface area (Å²) in [5.41, 5.74) is 6.61. The molecule has 0 bridgehead atoms. The molecule has 266 valence electrons. The van der Waals surface area contributed by atoms with E-state index in [9.17, 15) is 23.6 Å². The molecule has 7 rings (SSSR count). The van der Waals surface area contributed by atoms with E-state index in [1.807, 2.05) is 24.3 Å². The molecule has 3 aliphatic carbocycles. The number of likely N-dealkylation sites (tertiary alicyclic amines) is 1. The van der Waals surface area contributed by atoms with Gasteiger partial charge in [0.25, 0.3) is 0 Å². The molecule has 1 aromatic heterocycles. The van der Waals surface area contributed by atoms with Crippen LogP contribution in [0.5, 0.6) is 0 Å². The Hall–Kier alpha value is -3.67. The third-order valence-corrected chi connectivity index (χ3v) is 12.3. The number of fused-ring (bicyclic) bond motifs is 4. The molecule has 3 saturated carbocycles. The number of alkyl halides is 1. The molecule has 1 spiro atoms. The van der Waals surface area contributed by atoms with E-state index in [0.717, 1.165) is 75.1 Å². The monoisotopic (exact) mass is 680 g/mol. The van der Waals surface area contributed by atoms with Gasteiger partial charge in [0.2, 0.25) is 11.8 Å². The first-order chi connectivity index (χ1) is 23.7. The first-order valence-corrected chi connectivity index (χ1v) is 18.3. The summed E-state index contributed by atoms with van der Waals surface area (Å²) in [5, 5.41) is 4.03. The van der Waals surface area contributed by atoms with Gasteiger partial charge in [-0.2, -0.15) is 0 Å². The summed E-state index contributed by atoms with van der Waals surface area (Å²) in [6.07, 6.45) is 9.78. The summed E-state index contributed by atoms with van der Waals surface area (Å²) in [6, 6.07) is 7.00. The maximum absolute atomic E-state index is 14.3. The number of nitrogens with zero attached hydrogens (tertiary/aromatic N) is 2. The lowest BCUT2D eigenvalue weighted by Gasteiger charge is -2.37. The highest BCUT2D eigenvalue weighted by Crippen LogP contribution is 2.46. The molecule has 3 N–H and O–H groups in total. The number of nitrogens with one attached hydrogen (secondary N) is 1. The molecule has 3 amide bonds. The van der Waals surface area contributed by atoms with E-state index >= 15 is 0 Å². The van der Waals surface area contributed by atoms with Crippen molar-refractivity contribution in [1.29, 1.82) is 0 Å². The molecule has 2 aromatic rings. The van der Waals surface area contributed by atoms with Crippen LogP contribution in [0.4, 0.5) is 14.9 Å². The number of esters is 1.